The van der Waals surface area contributed by atoms with Gasteiger partial charge in [0.1, 0.15) is 0 Å². The Hall–Kier alpha value is -2.29. The number of anilines is 1. The lowest BCUT2D eigenvalue weighted by atomic mass is 9.67. The number of aromatic carboxylic acids is 1. The summed E-state index contributed by atoms with van der Waals surface area (Å²) in [6.07, 6.45) is 3.87. The number of carboxylic acids is 1. The fourth-order valence-electron chi connectivity index (χ4n) is 6.09. The summed E-state index contributed by atoms with van der Waals surface area (Å²) < 4.78 is 0. The fourth-order valence-corrected chi connectivity index (χ4v) is 6.09. The van der Waals surface area contributed by atoms with E-state index in [1.807, 2.05) is 6.07 Å². The number of benzene rings is 2. The molecule has 2 aromatic rings. The maximum atomic E-state index is 11.7. The molecule has 0 spiro atoms. The van der Waals surface area contributed by atoms with Crippen LogP contribution in [0.25, 0.3) is 0 Å². The van der Waals surface area contributed by atoms with Crippen LogP contribution in [0.4, 0.5) is 5.69 Å². The first-order chi connectivity index (χ1) is 12.5. The van der Waals surface area contributed by atoms with Crippen molar-refractivity contribution >= 4 is 11.7 Å². The summed E-state index contributed by atoms with van der Waals surface area (Å²) in [5, 5.41) is 15.4. The molecule has 0 saturated heterocycles. The van der Waals surface area contributed by atoms with Crippen molar-refractivity contribution in [1.82, 2.24) is 0 Å². The molecule has 5 atom stereocenters. The average Bonchev–Trinajstić information content (AvgIpc) is 3.25. The largest absolute Gasteiger partial charge is 0.545 e. The summed E-state index contributed by atoms with van der Waals surface area (Å²) in [5.41, 5.74) is 6.16. The predicted octanol–water partition coefficient (Wildman–Crippen LogP) is 3.96. The Bertz CT molecular complexity index is 903. The van der Waals surface area contributed by atoms with Crippen molar-refractivity contribution < 1.29 is 9.90 Å². The molecule has 1 aliphatic heterocycles. The van der Waals surface area contributed by atoms with Gasteiger partial charge in [-0.2, -0.15) is 0 Å². The van der Waals surface area contributed by atoms with E-state index in [2.05, 4.69) is 43.4 Å². The second-order valence-corrected chi connectivity index (χ2v) is 8.48. The van der Waals surface area contributed by atoms with Crippen molar-refractivity contribution in [2.75, 3.05) is 5.32 Å². The van der Waals surface area contributed by atoms with E-state index in [-0.39, 0.29) is 6.04 Å². The van der Waals surface area contributed by atoms with Gasteiger partial charge in [-0.15, -0.1) is 0 Å². The Morgan fingerprint density at radius 2 is 1.88 bits per heavy atom. The maximum absolute atomic E-state index is 11.7. The molecule has 1 N–H and O–H groups in total. The van der Waals surface area contributed by atoms with Crippen molar-refractivity contribution in [2.24, 2.45) is 17.8 Å². The second-order valence-electron chi connectivity index (χ2n) is 8.48. The van der Waals surface area contributed by atoms with Gasteiger partial charge in [-0.25, -0.2) is 0 Å². The van der Waals surface area contributed by atoms with E-state index in [1.165, 1.54) is 41.5 Å². The highest BCUT2D eigenvalue weighted by atomic mass is 16.4. The van der Waals surface area contributed by atoms with Gasteiger partial charge < -0.3 is 15.2 Å². The van der Waals surface area contributed by atoms with Crippen LogP contribution in [0, 0.1) is 31.6 Å². The molecule has 0 aromatic heterocycles. The first kappa shape index (κ1) is 15.9. The van der Waals surface area contributed by atoms with Gasteiger partial charge in [0, 0.05) is 11.3 Å². The number of carbonyl (C=O) groups is 1. The highest BCUT2D eigenvalue weighted by molar-refractivity contribution is 5.94. The van der Waals surface area contributed by atoms with Crippen LogP contribution < -0.4 is 10.4 Å². The van der Waals surface area contributed by atoms with Crippen LogP contribution in [-0.4, -0.2) is 5.97 Å². The first-order valence-corrected chi connectivity index (χ1v) is 9.72. The van der Waals surface area contributed by atoms with Crippen LogP contribution in [0.5, 0.6) is 0 Å². The topological polar surface area (TPSA) is 52.2 Å². The Morgan fingerprint density at radius 3 is 2.69 bits per heavy atom. The molecule has 2 bridgehead atoms. The third-order valence-electron chi connectivity index (χ3n) is 7.11. The van der Waals surface area contributed by atoms with Crippen LogP contribution in [0.3, 0.4) is 0 Å². The number of carbonyl (C=O) groups excluding carboxylic acids is 1. The van der Waals surface area contributed by atoms with Crippen molar-refractivity contribution in [2.45, 2.75) is 45.1 Å². The van der Waals surface area contributed by atoms with E-state index >= 15 is 0 Å². The van der Waals surface area contributed by atoms with Crippen LogP contribution in [0.2, 0.25) is 0 Å². The predicted molar refractivity (Wildman–Crippen MR) is 100 cm³/mol. The Labute approximate surface area is 154 Å². The van der Waals surface area contributed by atoms with Gasteiger partial charge in [0.15, 0.2) is 0 Å². The Balaban J connectivity index is 1.70. The molecule has 26 heavy (non-hydrogen) atoms. The molecular weight excluding hydrogens is 322 g/mol. The highest BCUT2D eigenvalue weighted by Crippen LogP contribution is 2.64. The lowest BCUT2D eigenvalue weighted by molar-refractivity contribution is -0.254. The molecule has 134 valence electrons. The van der Waals surface area contributed by atoms with E-state index in [0.29, 0.717) is 23.3 Å². The van der Waals surface area contributed by atoms with E-state index in [0.717, 1.165) is 11.6 Å². The van der Waals surface area contributed by atoms with Crippen LogP contribution in [0.1, 0.15) is 63.8 Å². The number of rotatable bonds is 2. The minimum Gasteiger partial charge on any atom is -0.545 e. The zero-order valence-corrected chi connectivity index (χ0v) is 15.3. The zero-order chi connectivity index (χ0) is 18.0. The quantitative estimate of drug-likeness (QED) is 0.895. The summed E-state index contributed by atoms with van der Waals surface area (Å²) in [5.74, 6) is 1.36. The monoisotopic (exact) mass is 346 g/mol. The number of aryl methyl sites for hydroxylation is 2. The smallest absolute Gasteiger partial charge is 0.0736 e. The molecule has 0 unspecified atom stereocenters. The number of hydrogen-bond donors (Lipinski definition) is 1. The van der Waals surface area contributed by atoms with Crippen LogP contribution >= 0.6 is 0 Å². The second kappa shape index (κ2) is 5.60. The lowest BCUT2D eigenvalue weighted by Crippen LogP contribution is -2.37. The van der Waals surface area contributed by atoms with Gasteiger partial charge in [0.25, 0.3) is 0 Å². The maximum Gasteiger partial charge on any atom is 0.0736 e. The molecule has 3 nitrogen and oxygen atoms in total. The first-order valence-electron chi connectivity index (χ1n) is 9.72. The van der Waals surface area contributed by atoms with Crippen molar-refractivity contribution in [3.05, 3.63) is 64.2 Å². The molecule has 2 aliphatic carbocycles. The van der Waals surface area contributed by atoms with Gasteiger partial charge in [0.05, 0.1) is 12.0 Å². The number of para-hydroxylation sites is 1. The summed E-state index contributed by atoms with van der Waals surface area (Å²) in [6.45, 7) is 4.30. The summed E-state index contributed by atoms with van der Waals surface area (Å²) >= 11 is 0. The molecule has 3 heteroatoms. The number of hydrogen-bond acceptors (Lipinski definition) is 3. The van der Waals surface area contributed by atoms with E-state index < -0.39 is 5.97 Å². The van der Waals surface area contributed by atoms with Crippen molar-refractivity contribution in [3.8, 4) is 0 Å². The third kappa shape index (κ3) is 2.16. The summed E-state index contributed by atoms with van der Waals surface area (Å²) in [7, 11) is 0. The molecule has 5 rings (SSSR count). The molecular formula is C23H24NO2-. The van der Waals surface area contributed by atoms with Crippen LogP contribution in [0.15, 0.2) is 36.4 Å². The van der Waals surface area contributed by atoms with E-state index in [9.17, 15) is 9.90 Å². The molecule has 1 heterocycles. The van der Waals surface area contributed by atoms with Gasteiger partial charge in [0.2, 0.25) is 0 Å². The number of carboxylic acid groups (broad SMARTS) is 1. The minimum atomic E-state index is -1.09. The average molecular weight is 346 g/mol. The summed E-state index contributed by atoms with van der Waals surface area (Å²) in [4.78, 5) is 11.7. The molecule has 2 aromatic carbocycles. The third-order valence-corrected chi connectivity index (χ3v) is 7.11. The Kier molecular flexibility index (Phi) is 3.43. The molecule has 2 fully saturated rings. The highest BCUT2D eigenvalue weighted by Gasteiger charge is 2.54. The normalized spacial score (nSPS) is 31.2. The van der Waals surface area contributed by atoms with Crippen LogP contribution in [-0.2, 0) is 0 Å². The molecule has 2 saturated carbocycles. The SMILES string of the molecule is Cc1ccc(C)c([C@@H]2Nc3c(C(=O)[O-])cccc3[C@H]3[C@H]4CC[C@H](C4)[C@H]32)c1. The van der Waals surface area contributed by atoms with Gasteiger partial charge in [-0.3, -0.25) is 0 Å². The summed E-state index contributed by atoms with van der Waals surface area (Å²) in [6, 6.07) is 12.5. The standard InChI is InChI=1S/C23H25NO2/c1-12-6-7-13(2)18(10-12)22-20-15-9-8-14(11-15)19(20)16-4-3-5-17(23(25)26)21(16)24-22/h3-7,10,14-15,19-20,22,24H,8-9,11H2,1-2H3,(H,25,26)/p-1/t14-,15+,19+,20+,22-/m0/s1. The fraction of sp³-hybridized carbons (Fsp3) is 0.435. The van der Waals surface area contributed by atoms with Crippen molar-refractivity contribution in [1.29, 1.82) is 0 Å². The van der Waals surface area contributed by atoms with Gasteiger partial charge >= 0.3 is 0 Å². The van der Waals surface area contributed by atoms with E-state index in [1.54, 1.807) is 6.07 Å². The molecule has 0 radical (unpaired) electrons. The van der Waals surface area contributed by atoms with E-state index in [4.69, 9.17) is 0 Å². The minimum absolute atomic E-state index is 0.184. The lowest BCUT2D eigenvalue weighted by Gasteiger charge is -2.44. The Morgan fingerprint density at radius 1 is 1.08 bits per heavy atom. The van der Waals surface area contributed by atoms with Gasteiger partial charge in [-0.1, -0.05) is 42.0 Å². The van der Waals surface area contributed by atoms with Gasteiger partial charge in [-0.05, 0) is 73.5 Å². The zero-order valence-electron chi connectivity index (χ0n) is 15.3. The molecule has 3 aliphatic rings. The van der Waals surface area contributed by atoms with Crippen molar-refractivity contribution in [3.63, 3.8) is 0 Å². The molecule has 0 amide bonds. The number of fused-ring (bicyclic) bond motifs is 7. The number of nitrogens with one attached hydrogen (secondary N) is 1.